The average Bonchev–Trinajstić information content (AvgIpc) is 2.34. The first-order valence-electron chi connectivity index (χ1n) is 5.37. The number of nitrogen functional groups attached to an aromatic ring is 1. The number of nitrogens with zero attached hydrogens (tertiary/aromatic N) is 1. The van der Waals surface area contributed by atoms with Crippen molar-refractivity contribution in [2.24, 2.45) is 5.84 Å². The highest BCUT2D eigenvalue weighted by Gasteiger charge is 2.00. The molecule has 0 saturated heterocycles. The van der Waals surface area contributed by atoms with E-state index in [-0.39, 0.29) is 0 Å². The van der Waals surface area contributed by atoms with E-state index in [1.807, 2.05) is 18.2 Å². The van der Waals surface area contributed by atoms with Gasteiger partial charge < -0.3 is 10.2 Å². The van der Waals surface area contributed by atoms with Crippen molar-refractivity contribution in [2.45, 2.75) is 13.8 Å². The molecule has 2 aromatic rings. The van der Waals surface area contributed by atoms with Gasteiger partial charge in [-0.05, 0) is 43.2 Å². The maximum absolute atomic E-state index is 5.72. The Morgan fingerprint density at radius 3 is 2.53 bits per heavy atom. The van der Waals surface area contributed by atoms with Crippen LogP contribution >= 0.6 is 0 Å². The van der Waals surface area contributed by atoms with Crippen LogP contribution in [0.25, 0.3) is 0 Å². The molecule has 4 heteroatoms. The topological polar surface area (TPSA) is 60.2 Å². The standard InChI is InChI=1S/C13H15N3O/c1-9-3-4-11(7-10(9)2)17-12-5-6-15-13(8-12)16-14/h3-8H,14H2,1-2H3,(H,15,16). The number of nitrogens with one attached hydrogen (secondary N) is 1. The lowest BCUT2D eigenvalue weighted by molar-refractivity contribution is 0.481. The highest BCUT2D eigenvalue weighted by Crippen LogP contribution is 2.24. The molecule has 4 nitrogen and oxygen atoms in total. The van der Waals surface area contributed by atoms with Gasteiger partial charge in [-0.15, -0.1) is 0 Å². The van der Waals surface area contributed by atoms with E-state index in [1.54, 1.807) is 18.3 Å². The molecule has 0 aliphatic carbocycles. The number of nitrogens with two attached hydrogens (primary N) is 1. The van der Waals surface area contributed by atoms with Crippen molar-refractivity contribution in [1.29, 1.82) is 0 Å². The Labute approximate surface area is 100 Å². The number of hydrazine groups is 1. The molecule has 1 aromatic carbocycles. The molecule has 0 aliphatic heterocycles. The Morgan fingerprint density at radius 1 is 1.06 bits per heavy atom. The van der Waals surface area contributed by atoms with Gasteiger partial charge in [0.25, 0.3) is 0 Å². The van der Waals surface area contributed by atoms with Crippen LogP contribution in [-0.2, 0) is 0 Å². The van der Waals surface area contributed by atoms with Gasteiger partial charge in [0.2, 0.25) is 0 Å². The maximum atomic E-state index is 5.72. The number of ether oxygens (including phenoxy) is 1. The van der Waals surface area contributed by atoms with Gasteiger partial charge in [-0.25, -0.2) is 10.8 Å². The summed E-state index contributed by atoms with van der Waals surface area (Å²) in [6, 6.07) is 9.52. The van der Waals surface area contributed by atoms with E-state index in [0.717, 1.165) is 5.75 Å². The number of anilines is 1. The number of hydrogen-bond donors (Lipinski definition) is 2. The van der Waals surface area contributed by atoms with Crippen LogP contribution in [0.3, 0.4) is 0 Å². The summed E-state index contributed by atoms with van der Waals surface area (Å²) in [5.41, 5.74) is 4.93. The third kappa shape index (κ3) is 2.73. The zero-order valence-electron chi connectivity index (χ0n) is 9.90. The van der Waals surface area contributed by atoms with E-state index in [2.05, 4.69) is 24.3 Å². The molecule has 0 radical (unpaired) electrons. The predicted octanol–water partition coefficient (Wildman–Crippen LogP) is 2.78. The minimum atomic E-state index is 0.575. The Balaban J connectivity index is 2.22. The fourth-order valence-electron chi connectivity index (χ4n) is 1.47. The molecule has 0 aliphatic rings. The molecule has 0 atom stereocenters. The number of aromatic nitrogens is 1. The van der Waals surface area contributed by atoms with Gasteiger partial charge in [-0.1, -0.05) is 6.07 Å². The molecule has 0 spiro atoms. The van der Waals surface area contributed by atoms with Gasteiger partial charge in [0.15, 0.2) is 0 Å². The van der Waals surface area contributed by atoms with Crippen molar-refractivity contribution in [1.82, 2.24) is 4.98 Å². The van der Waals surface area contributed by atoms with E-state index in [1.165, 1.54) is 11.1 Å². The molecule has 17 heavy (non-hydrogen) atoms. The van der Waals surface area contributed by atoms with Gasteiger partial charge in [0, 0.05) is 12.3 Å². The minimum Gasteiger partial charge on any atom is -0.457 e. The molecule has 1 heterocycles. The average molecular weight is 229 g/mol. The third-order valence-corrected chi connectivity index (χ3v) is 2.59. The number of benzene rings is 1. The van der Waals surface area contributed by atoms with Gasteiger partial charge in [0.1, 0.15) is 17.3 Å². The van der Waals surface area contributed by atoms with Gasteiger partial charge >= 0.3 is 0 Å². The lowest BCUT2D eigenvalue weighted by Crippen LogP contribution is -2.08. The summed E-state index contributed by atoms with van der Waals surface area (Å²) in [6.45, 7) is 4.13. The van der Waals surface area contributed by atoms with Crippen molar-refractivity contribution >= 4 is 5.82 Å². The van der Waals surface area contributed by atoms with Crippen LogP contribution in [0, 0.1) is 13.8 Å². The maximum Gasteiger partial charge on any atom is 0.143 e. The first-order valence-corrected chi connectivity index (χ1v) is 5.37. The molecule has 1 aromatic heterocycles. The first kappa shape index (κ1) is 11.4. The van der Waals surface area contributed by atoms with Gasteiger partial charge in [-0.3, -0.25) is 0 Å². The quantitative estimate of drug-likeness (QED) is 0.627. The zero-order valence-corrected chi connectivity index (χ0v) is 9.90. The SMILES string of the molecule is Cc1ccc(Oc2ccnc(NN)c2)cc1C. The second-order valence-corrected chi connectivity index (χ2v) is 3.87. The van der Waals surface area contributed by atoms with Gasteiger partial charge in [0.05, 0.1) is 0 Å². The van der Waals surface area contributed by atoms with E-state index in [0.29, 0.717) is 11.6 Å². The second-order valence-electron chi connectivity index (χ2n) is 3.87. The summed E-state index contributed by atoms with van der Waals surface area (Å²) in [5, 5.41) is 0. The van der Waals surface area contributed by atoms with Crippen LogP contribution in [0.2, 0.25) is 0 Å². The lowest BCUT2D eigenvalue weighted by atomic mass is 10.1. The molecule has 3 N–H and O–H groups in total. The third-order valence-electron chi connectivity index (χ3n) is 2.59. The summed E-state index contributed by atoms with van der Waals surface area (Å²) >= 11 is 0. The summed E-state index contributed by atoms with van der Waals surface area (Å²) in [6.07, 6.45) is 1.64. The number of pyridine rings is 1. The highest BCUT2D eigenvalue weighted by atomic mass is 16.5. The monoisotopic (exact) mass is 229 g/mol. The van der Waals surface area contributed by atoms with Crippen LogP contribution < -0.4 is 16.0 Å². The molecule has 88 valence electrons. The number of rotatable bonds is 3. The van der Waals surface area contributed by atoms with Gasteiger partial charge in [-0.2, -0.15) is 0 Å². The molecule has 0 unspecified atom stereocenters. The normalized spacial score (nSPS) is 10.1. The largest absolute Gasteiger partial charge is 0.457 e. The number of aryl methyl sites for hydroxylation is 2. The summed E-state index contributed by atoms with van der Waals surface area (Å²) < 4.78 is 5.72. The summed E-state index contributed by atoms with van der Waals surface area (Å²) in [5.74, 6) is 7.38. The van der Waals surface area contributed by atoms with Crippen molar-refractivity contribution < 1.29 is 4.74 Å². The molecule has 0 saturated carbocycles. The van der Waals surface area contributed by atoms with Crippen molar-refractivity contribution in [3.05, 3.63) is 47.7 Å². The minimum absolute atomic E-state index is 0.575. The van der Waals surface area contributed by atoms with Crippen LogP contribution in [0.5, 0.6) is 11.5 Å². The zero-order chi connectivity index (χ0) is 12.3. The summed E-state index contributed by atoms with van der Waals surface area (Å²) in [7, 11) is 0. The molecule has 0 fully saturated rings. The van der Waals surface area contributed by atoms with E-state index < -0.39 is 0 Å². The molecular formula is C13H15N3O. The van der Waals surface area contributed by atoms with Crippen LogP contribution in [0.15, 0.2) is 36.5 Å². The molecule has 0 amide bonds. The van der Waals surface area contributed by atoms with E-state index >= 15 is 0 Å². The smallest absolute Gasteiger partial charge is 0.143 e. The Morgan fingerprint density at radius 2 is 1.82 bits per heavy atom. The molecule has 2 rings (SSSR count). The first-order chi connectivity index (χ1) is 8.19. The van der Waals surface area contributed by atoms with Crippen LogP contribution in [-0.4, -0.2) is 4.98 Å². The Hall–Kier alpha value is -2.07. The van der Waals surface area contributed by atoms with E-state index in [9.17, 15) is 0 Å². The number of hydrogen-bond acceptors (Lipinski definition) is 4. The second kappa shape index (κ2) is 4.84. The molecular weight excluding hydrogens is 214 g/mol. The Kier molecular flexibility index (Phi) is 3.25. The highest BCUT2D eigenvalue weighted by molar-refractivity contribution is 5.42. The van der Waals surface area contributed by atoms with Crippen molar-refractivity contribution in [3.63, 3.8) is 0 Å². The van der Waals surface area contributed by atoms with Crippen LogP contribution in [0.4, 0.5) is 5.82 Å². The predicted molar refractivity (Wildman–Crippen MR) is 68.0 cm³/mol. The van der Waals surface area contributed by atoms with Crippen molar-refractivity contribution in [3.8, 4) is 11.5 Å². The van der Waals surface area contributed by atoms with E-state index in [4.69, 9.17) is 10.6 Å². The fraction of sp³-hybridized carbons (Fsp3) is 0.154. The van der Waals surface area contributed by atoms with Crippen molar-refractivity contribution in [2.75, 3.05) is 5.43 Å². The summed E-state index contributed by atoms with van der Waals surface area (Å²) in [4.78, 5) is 4.02. The fourth-order valence-corrected chi connectivity index (χ4v) is 1.47. The Bertz CT molecular complexity index is 526. The molecule has 0 bridgehead atoms. The van der Waals surface area contributed by atoms with Crippen LogP contribution in [0.1, 0.15) is 11.1 Å². The lowest BCUT2D eigenvalue weighted by Gasteiger charge is -2.08.